The van der Waals surface area contributed by atoms with Crippen LogP contribution in [0.4, 0.5) is 5.69 Å². The standard InChI is InChI=1S/C12H11ClN2O5S/c13-8-5-7(1-2-9(8)15(19)20)11(16)14-3-4-21-6-10(14)12(17)18/h1-2,5,10H,3-4,6H2,(H,17,18). The largest absolute Gasteiger partial charge is 0.480 e. The van der Waals surface area contributed by atoms with Gasteiger partial charge in [0, 0.05) is 29.7 Å². The first-order chi connectivity index (χ1) is 9.91. The van der Waals surface area contributed by atoms with Crippen LogP contribution in [0, 0.1) is 10.1 Å². The van der Waals surface area contributed by atoms with Crippen LogP contribution in [0.25, 0.3) is 0 Å². The molecule has 2 rings (SSSR count). The van der Waals surface area contributed by atoms with Gasteiger partial charge in [0.1, 0.15) is 11.1 Å². The van der Waals surface area contributed by atoms with Crippen molar-refractivity contribution in [1.29, 1.82) is 0 Å². The van der Waals surface area contributed by atoms with E-state index in [0.717, 1.165) is 6.07 Å². The lowest BCUT2D eigenvalue weighted by Gasteiger charge is -2.32. The summed E-state index contributed by atoms with van der Waals surface area (Å²) in [6, 6.07) is 2.73. The van der Waals surface area contributed by atoms with Crippen molar-refractivity contribution in [2.75, 3.05) is 18.1 Å². The van der Waals surface area contributed by atoms with Crippen molar-refractivity contribution in [2.45, 2.75) is 6.04 Å². The highest BCUT2D eigenvalue weighted by molar-refractivity contribution is 7.99. The molecule has 1 saturated heterocycles. The fraction of sp³-hybridized carbons (Fsp3) is 0.333. The lowest BCUT2D eigenvalue weighted by molar-refractivity contribution is -0.384. The topological polar surface area (TPSA) is 101 Å². The smallest absolute Gasteiger partial charge is 0.327 e. The number of nitro groups is 1. The van der Waals surface area contributed by atoms with Crippen LogP contribution in [0.1, 0.15) is 10.4 Å². The van der Waals surface area contributed by atoms with E-state index in [9.17, 15) is 19.7 Å². The van der Waals surface area contributed by atoms with Crippen LogP contribution in [0.3, 0.4) is 0 Å². The van der Waals surface area contributed by atoms with Gasteiger partial charge in [0.05, 0.1) is 4.92 Å². The number of rotatable bonds is 3. The van der Waals surface area contributed by atoms with E-state index in [-0.39, 0.29) is 16.3 Å². The first-order valence-corrected chi connectivity index (χ1v) is 7.50. The number of thioether (sulfide) groups is 1. The van der Waals surface area contributed by atoms with Gasteiger partial charge in [-0.1, -0.05) is 11.6 Å². The van der Waals surface area contributed by atoms with Crippen molar-refractivity contribution >= 4 is 40.9 Å². The number of aliphatic carboxylic acids is 1. The molecule has 0 radical (unpaired) electrons. The van der Waals surface area contributed by atoms with Crippen LogP contribution in [-0.4, -0.2) is 50.9 Å². The average molecular weight is 331 g/mol. The van der Waals surface area contributed by atoms with Crippen molar-refractivity contribution in [2.24, 2.45) is 0 Å². The lowest BCUT2D eigenvalue weighted by atomic mass is 10.1. The number of hydrogen-bond donors (Lipinski definition) is 1. The van der Waals surface area contributed by atoms with E-state index >= 15 is 0 Å². The van der Waals surface area contributed by atoms with Gasteiger partial charge < -0.3 is 10.0 Å². The zero-order valence-electron chi connectivity index (χ0n) is 10.7. The van der Waals surface area contributed by atoms with E-state index in [4.69, 9.17) is 16.7 Å². The number of amides is 1. The summed E-state index contributed by atoms with van der Waals surface area (Å²) in [6.07, 6.45) is 0. The van der Waals surface area contributed by atoms with Gasteiger partial charge in [-0.25, -0.2) is 4.79 Å². The Morgan fingerprint density at radius 3 is 2.76 bits per heavy atom. The summed E-state index contributed by atoms with van der Waals surface area (Å²) >= 11 is 7.24. The number of nitro benzene ring substituents is 1. The highest BCUT2D eigenvalue weighted by Gasteiger charge is 2.33. The minimum atomic E-state index is -1.07. The van der Waals surface area contributed by atoms with E-state index in [1.807, 2.05) is 0 Å². The van der Waals surface area contributed by atoms with Crippen molar-refractivity contribution < 1.29 is 19.6 Å². The molecule has 0 bridgehead atoms. The lowest BCUT2D eigenvalue weighted by Crippen LogP contribution is -2.50. The van der Waals surface area contributed by atoms with Gasteiger partial charge in [0.25, 0.3) is 11.6 Å². The Labute approximate surface area is 129 Å². The maximum absolute atomic E-state index is 12.4. The molecule has 1 aliphatic heterocycles. The number of halogens is 1. The van der Waals surface area contributed by atoms with E-state index in [1.54, 1.807) is 0 Å². The van der Waals surface area contributed by atoms with Gasteiger partial charge in [0.15, 0.2) is 0 Å². The molecule has 9 heteroatoms. The number of nitrogens with zero attached hydrogens (tertiary/aromatic N) is 2. The predicted octanol–water partition coefficient (Wildman–Crippen LogP) is 1.89. The Morgan fingerprint density at radius 2 is 2.19 bits per heavy atom. The number of carbonyl (C=O) groups excluding carboxylic acids is 1. The number of carboxylic acids is 1. The molecule has 0 aromatic heterocycles. The minimum Gasteiger partial charge on any atom is -0.480 e. The summed E-state index contributed by atoms with van der Waals surface area (Å²) in [6.45, 7) is 0.315. The van der Waals surface area contributed by atoms with Crippen molar-refractivity contribution in [3.05, 3.63) is 38.9 Å². The molecule has 0 saturated carbocycles. The molecule has 1 atom stereocenters. The summed E-state index contributed by atoms with van der Waals surface area (Å²) in [7, 11) is 0. The van der Waals surface area contributed by atoms with Gasteiger partial charge in [-0.15, -0.1) is 0 Å². The molecule has 7 nitrogen and oxygen atoms in total. The Balaban J connectivity index is 2.28. The molecule has 0 aliphatic carbocycles. The molecule has 1 aromatic rings. The third kappa shape index (κ3) is 3.27. The van der Waals surface area contributed by atoms with Gasteiger partial charge in [-0.05, 0) is 12.1 Å². The Hall–Kier alpha value is -1.80. The van der Waals surface area contributed by atoms with E-state index in [0.29, 0.717) is 18.1 Å². The van der Waals surface area contributed by atoms with Gasteiger partial charge in [-0.2, -0.15) is 11.8 Å². The SMILES string of the molecule is O=C(O)C1CSCCN1C(=O)c1ccc([N+](=O)[O-])c(Cl)c1. The summed E-state index contributed by atoms with van der Waals surface area (Å²) in [5, 5.41) is 19.7. The van der Waals surface area contributed by atoms with Crippen LogP contribution < -0.4 is 0 Å². The molecule has 1 fully saturated rings. The minimum absolute atomic E-state index is 0.142. The summed E-state index contributed by atoms with van der Waals surface area (Å²) in [4.78, 5) is 34.9. The third-order valence-corrected chi connectivity index (χ3v) is 4.39. The second-order valence-electron chi connectivity index (χ2n) is 4.35. The van der Waals surface area contributed by atoms with Crippen molar-refractivity contribution in [3.63, 3.8) is 0 Å². The normalized spacial score (nSPS) is 18.3. The monoisotopic (exact) mass is 330 g/mol. The Bertz CT molecular complexity index is 609. The Kier molecular flexibility index (Phi) is 4.69. The molecule has 1 amide bonds. The molecular formula is C12H11ClN2O5S. The molecule has 1 aliphatic rings. The molecule has 21 heavy (non-hydrogen) atoms. The van der Waals surface area contributed by atoms with Crippen molar-refractivity contribution in [1.82, 2.24) is 4.90 Å². The number of carboxylic acid groups (broad SMARTS) is 1. The summed E-state index contributed by atoms with van der Waals surface area (Å²) in [5.74, 6) is -0.582. The zero-order valence-corrected chi connectivity index (χ0v) is 12.3. The molecule has 1 aromatic carbocycles. The highest BCUT2D eigenvalue weighted by Crippen LogP contribution is 2.27. The molecule has 112 valence electrons. The maximum atomic E-state index is 12.4. The van der Waals surface area contributed by atoms with Crippen LogP contribution in [0.2, 0.25) is 5.02 Å². The fourth-order valence-corrected chi connectivity index (χ4v) is 3.29. The van der Waals surface area contributed by atoms with E-state index in [1.165, 1.54) is 28.8 Å². The first kappa shape index (κ1) is 15.6. The molecule has 1 N–H and O–H groups in total. The summed E-state index contributed by atoms with van der Waals surface area (Å²) < 4.78 is 0. The zero-order chi connectivity index (χ0) is 15.6. The van der Waals surface area contributed by atoms with Crippen LogP contribution >= 0.6 is 23.4 Å². The number of benzene rings is 1. The van der Waals surface area contributed by atoms with Crippen LogP contribution in [-0.2, 0) is 4.79 Å². The number of carbonyl (C=O) groups is 2. The second-order valence-corrected chi connectivity index (χ2v) is 5.91. The van der Waals surface area contributed by atoms with E-state index < -0.39 is 22.8 Å². The highest BCUT2D eigenvalue weighted by atomic mass is 35.5. The van der Waals surface area contributed by atoms with Gasteiger partial charge in [0.2, 0.25) is 0 Å². The van der Waals surface area contributed by atoms with Crippen LogP contribution in [0.15, 0.2) is 18.2 Å². The fourth-order valence-electron chi connectivity index (χ4n) is 2.01. The number of hydrogen-bond acceptors (Lipinski definition) is 5. The van der Waals surface area contributed by atoms with Gasteiger partial charge in [-0.3, -0.25) is 14.9 Å². The molecule has 0 spiro atoms. The predicted molar refractivity (Wildman–Crippen MR) is 77.9 cm³/mol. The van der Waals surface area contributed by atoms with Crippen LogP contribution in [0.5, 0.6) is 0 Å². The van der Waals surface area contributed by atoms with E-state index in [2.05, 4.69) is 0 Å². The average Bonchev–Trinajstić information content (AvgIpc) is 2.45. The molecule has 1 heterocycles. The second kappa shape index (κ2) is 6.31. The Morgan fingerprint density at radius 1 is 1.48 bits per heavy atom. The molecular weight excluding hydrogens is 320 g/mol. The van der Waals surface area contributed by atoms with Crippen molar-refractivity contribution in [3.8, 4) is 0 Å². The van der Waals surface area contributed by atoms with Gasteiger partial charge >= 0.3 is 5.97 Å². The summed E-state index contributed by atoms with van der Waals surface area (Å²) in [5.41, 5.74) is -0.152. The quantitative estimate of drug-likeness (QED) is 0.671. The maximum Gasteiger partial charge on any atom is 0.327 e. The first-order valence-electron chi connectivity index (χ1n) is 5.97. The third-order valence-electron chi connectivity index (χ3n) is 3.07. The molecule has 1 unspecified atom stereocenters.